The summed E-state index contributed by atoms with van der Waals surface area (Å²) in [6.07, 6.45) is 0. The van der Waals surface area contributed by atoms with Crippen molar-refractivity contribution < 1.29 is 0 Å². The molecule has 0 spiro atoms. The molecule has 3 nitrogen and oxygen atoms in total. The number of rotatable bonds is 3. The van der Waals surface area contributed by atoms with Crippen LogP contribution >= 0.6 is 0 Å². The molecule has 0 bridgehead atoms. The summed E-state index contributed by atoms with van der Waals surface area (Å²) >= 11 is 0. The van der Waals surface area contributed by atoms with Gasteiger partial charge in [-0.3, -0.25) is 0 Å². The Morgan fingerprint density at radius 1 is 1.06 bits per heavy atom. The molecule has 3 rings (SSSR count). The summed E-state index contributed by atoms with van der Waals surface area (Å²) in [5, 5.41) is 3.14. The van der Waals surface area contributed by atoms with Gasteiger partial charge in [-0.1, -0.05) is 36.4 Å². The van der Waals surface area contributed by atoms with Crippen LogP contribution in [0.2, 0.25) is 0 Å². The third kappa shape index (κ3) is 2.00. The zero-order valence-corrected chi connectivity index (χ0v) is 10.3. The van der Waals surface area contributed by atoms with Crippen LogP contribution in [-0.4, -0.2) is 17.0 Å². The fourth-order valence-electron chi connectivity index (χ4n) is 2.07. The van der Waals surface area contributed by atoms with Crippen molar-refractivity contribution in [3.63, 3.8) is 0 Å². The van der Waals surface area contributed by atoms with E-state index in [2.05, 4.69) is 39.6 Å². The quantitative estimate of drug-likeness (QED) is 0.735. The highest BCUT2D eigenvalue weighted by molar-refractivity contribution is 5.79. The van der Waals surface area contributed by atoms with Crippen LogP contribution in [0.1, 0.15) is 5.56 Å². The van der Waals surface area contributed by atoms with E-state index in [9.17, 15) is 0 Å². The fraction of sp³-hybridized carbons (Fsp3) is 0.133. The van der Waals surface area contributed by atoms with Crippen LogP contribution < -0.4 is 5.32 Å². The molecule has 2 N–H and O–H groups in total. The van der Waals surface area contributed by atoms with E-state index in [1.165, 1.54) is 5.56 Å². The van der Waals surface area contributed by atoms with Crippen LogP contribution in [0.4, 0.5) is 0 Å². The lowest BCUT2D eigenvalue weighted by Gasteiger charge is -2.01. The van der Waals surface area contributed by atoms with Crippen LogP contribution in [0.25, 0.3) is 22.4 Å². The first-order chi connectivity index (χ1) is 8.86. The maximum atomic E-state index is 4.59. The number of H-pyrrole nitrogens is 1. The van der Waals surface area contributed by atoms with Gasteiger partial charge < -0.3 is 10.3 Å². The lowest BCUT2D eigenvalue weighted by atomic mass is 10.1. The van der Waals surface area contributed by atoms with E-state index < -0.39 is 0 Å². The molecule has 0 unspecified atom stereocenters. The molecule has 2 aromatic carbocycles. The van der Waals surface area contributed by atoms with E-state index in [0.717, 1.165) is 29.0 Å². The third-order valence-electron chi connectivity index (χ3n) is 3.00. The number of fused-ring (bicyclic) bond motifs is 1. The van der Waals surface area contributed by atoms with Crippen LogP contribution in [0.5, 0.6) is 0 Å². The highest BCUT2D eigenvalue weighted by Gasteiger charge is 2.04. The average molecular weight is 237 g/mol. The summed E-state index contributed by atoms with van der Waals surface area (Å²) in [5.74, 6) is 0.923. The second-order valence-electron chi connectivity index (χ2n) is 4.33. The van der Waals surface area contributed by atoms with E-state index >= 15 is 0 Å². The van der Waals surface area contributed by atoms with Gasteiger partial charge in [0.15, 0.2) is 0 Å². The number of imidazole rings is 1. The molecule has 0 aliphatic heterocycles. The Balaban J connectivity index is 1.98. The maximum Gasteiger partial charge on any atom is 0.138 e. The molecule has 0 aliphatic carbocycles. The summed E-state index contributed by atoms with van der Waals surface area (Å²) in [6, 6.07) is 16.5. The van der Waals surface area contributed by atoms with Crippen LogP contribution in [0.3, 0.4) is 0 Å². The molecular formula is C15H15N3. The van der Waals surface area contributed by atoms with Crippen molar-refractivity contribution in [3.8, 4) is 11.4 Å². The number of nitrogens with one attached hydrogen (secondary N) is 2. The minimum Gasteiger partial charge on any atom is -0.338 e. The highest BCUT2D eigenvalue weighted by atomic mass is 14.9. The molecule has 3 heteroatoms. The largest absolute Gasteiger partial charge is 0.338 e. The van der Waals surface area contributed by atoms with Crippen molar-refractivity contribution in [1.82, 2.24) is 15.3 Å². The van der Waals surface area contributed by atoms with Gasteiger partial charge in [0.2, 0.25) is 0 Å². The van der Waals surface area contributed by atoms with Gasteiger partial charge in [0, 0.05) is 12.1 Å². The van der Waals surface area contributed by atoms with Gasteiger partial charge in [-0.15, -0.1) is 0 Å². The standard InChI is InChI=1S/C15H15N3/c1-16-10-11-6-8-12(9-7-11)15-17-13-4-2-3-5-14(13)18-15/h2-9,16H,10H2,1H3,(H,17,18). The minimum atomic E-state index is 0.889. The first-order valence-corrected chi connectivity index (χ1v) is 6.05. The number of benzene rings is 2. The van der Waals surface area contributed by atoms with Crippen LogP contribution in [0, 0.1) is 0 Å². The third-order valence-corrected chi connectivity index (χ3v) is 3.00. The van der Waals surface area contributed by atoms with Gasteiger partial charge in [0.05, 0.1) is 11.0 Å². The van der Waals surface area contributed by atoms with Gasteiger partial charge in [-0.2, -0.15) is 0 Å². The Kier molecular flexibility index (Phi) is 2.82. The number of hydrogen-bond acceptors (Lipinski definition) is 2. The van der Waals surface area contributed by atoms with Crippen molar-refractivity contribution in [2.45, 2.75) is 6.54 Å². The predicted octanol–water partition coefficient (Wildman–Crippen LogP) is 2.95. The minimum absolute atomic E-state index is 0.889. The second kappa shape index (κ2) is 4.63. The van der Waals surface area contributed by atoms with Crippen molar-refractivity contribution in [2.24, 2.45) is 0 Å². The Bertz CT molecular complexity index is 620. The molecule has 3 aromatic rings. The van der Waals surface area contributed by atoms with Crippen molar-refractivity contribution >= 4 is 11.0 Å². The van der Waals surface area contributed by atoms with Gasteiger partial charge in [-0.25, -0.2) is 4.98 Å². The van der Waals surface area contributed by atoms with E-state index in [-0.39, 0.29) is 0 Å². The van der Waals surface area contributed by atoms with Gasteiger partial charge in [0.25, 0.3) is 0 Å². The van der Waals surface area contributed by atoms with E-state index in [0.29, 0.717) is 0 Å². The van der Waals surface area contributed by atoms with E-state index in [1.807, 2.05) is 31.3 Å². The first-order valence-electron chi connectivity index (χ1n) is 6.05. The molecule has 0 atom stereocenters. The molecule has 18 heavy (non-hydrogen) atoms. The molecule has 0 saturated carbocycles. The predicted molar refractivity (Wildman–Crippen MR) is 74.3 cm³/mol. The van der Waals surface area contributed by atoms with Gasteiger partial charge in [0.1, 0.15) is 5.82 Å². The lowest BCUT2D eigenvalue weighted by molar-refractivity contribution is 0.818. The number of para-hydroxylation sites is 2. The molecule has 90 valence electrons. The van der Waals surface area contributed by atoms with E-state index in [1.54, 1.807) is 0 Å². The molecule has 0 fully saturated rings. The van der Waals surface area contributed by atoms with Crippen molar-refractivity contribution in [1.29, 1.82) is 0 Å². The smallest absolute Gasteiger partial charge is 0.138 e. The monoisotopic (exact) mass is 237 g/mol. The zero-order valence-electron chi connectivity index (χ0n) is 10.3. The van der Waals surface area contributed by atoms with Gasteiger partial charge >= 0.3 is 0 Å². The Morgan fingerprint density at radius 3 is 2.56 bits per heavy atom. The number of aromatic nitrogens is 2. The molecule has 0 aliphatic rings. The van der Waals surface area contributed by atoms with E-state index in [4.69, 9.17) is 0 Å². The fourth-order valence-corrected chi connectivity index (χ4v) is 2.07. The number of aromatic amines is 1. The molecule has 1 heterocycles. The van der Waals surface area contributed by atoms with Crippen molar-refractivity contribution in [2.75, 3.05) is 7.05 Å². The number of hydrogen-bond donors (Lipinski definition) is 2. The summed E-state index contributed by atoms with van der Waals surface area (Å²) in [6.45, 7) is 0.889. The topological polar surface area (TPSA) is 40.7 Å². The molecular weight excluding hydrogens is 222 g/mol. The van der Waals surface area contributed by atoms with Crippen LogP contribution in [-0.2, 0) is 6.54 Å². The Labute approximate surface area is 106 Å². The summed E-state index contributed by atoms with van der Waals surface area (Å²) in [7, 11) is 1.95. The highest BCUT2D eigenvalue weighted by Crippen LogP contribution is 2.20. The Hall–Kier alpha value is -2.13. The maximum absolute atomic E-state index is 4.59. The normalized spacial score (nSPS) is 10.9. The number of nitrogens with zero attached hydrogens (tertiary/aromatic N) is 1. The van der Waals surface area contributed by atoms with Gasteiger partial charge in [-0.05, 0) is 24.7 Å². The zero-order chi connectivity index (χ0) is 12.4. The summed E-state index contributed by atoms with van der Waals surface area (Å²) in [5.41, 5.74) is 4.47. The SMILES string of the molecule is CNCc1ccc(-c2nc3ccccc3[nH]2)cc1. The molecule has 1 aromatic heterocycles. The lowest BCUT2D eigenvalue weighted by Crippen LogP contribution is -2.04. The molecule has 0 amide bonds. The van der Waals surface area contributed by atoms with Crippen LogP contribution in [0.15, 0.2) is 48.5 Å². The summed E-state index contributed by atoms with van der Waals surface area (Å²) in [4.78, 5) is 7.92. The van der Waals surface area contributed by atoms with Crippen molar-refractivity contribution in [3.05, 3.63) is 54.1 Å². The molecule has 0 saturated heterocycles. The Morgan fingerprint density at radius 2 is 1.83 bits per heavy atom. The molecule has 0 radical (unpaired) electrons. The first kappa shape index (κ1) is 11.0. The second-order valence-corrected chi connectivity index (χ2v) is 4.33. The average Bonchev–Trinajstić information content (AvgIpc) is 2.84. The summed E-state index contributed by atoms with van der Waals surface area (Å²) < 4.78 is 0.